The molecule has 0 aliphatic heterocycles. The third-order valence-corrected chi connectivity index (χ3v) is 6.09. The van der Waals surface area contributed by atoms with Crippen molar-refractivity contribution in [3.05, 3.63) is 52.8 Å². The number of nitrogens with zero attached hydrogens (tertiary/aromatic N) is 2. The average molecular weight is 415 g/mol. The van der Waals surface area contributed by atoms with Crippen LogP contribution in [0.25, 0.3) is 10.2 Å². The number of ether oxygens (including phenoxy) is 1. The monoisotopic (exact) mass is 414 g/mol. The number of carbonyl (C=O) groups excluding carboxylic acids is 1. The van der Waals surface area contributed by atoms with Crippen molar-refractivity contribution in [3.8, 4) is 18.1 Å². The molecule has 0 aliphatic carbocycles. The maximum Gasteiger partial charge on any atom is 0.286 e. The van der Waals surface area contributed by atoms with E-state index in [1.165, 1.54) is 17.4 Å². The summed E-state index contributed by atoms with van der Waals surface area (Å²) in [5.74, 6) is 2.66. The van der Waals surface area contributed by atoms with Crippen LogP contribution in [-0.4, -0.2) is 31.8 Å². The number of rotatable bonds is 5. The molecule has 0 bridgehead atoms. The molecule has 0 saturated heterocycles. The van der Waals surface area contributed by atoms with Gasteiger partial charge in [-0.15, -0.1) is 6.42 Å². The maximum absolute atomic E-state index is 12.3. The summed E-state index contributed by atoms with van der Waals surface area (Å²) < 4.78 is 31.4. The van der Waals surface area contributed by atoms with Gasteiger partial charge in [0.2, 0.25) is 0 Å². The lowest BCUT2D eigenvalue weighted by Crippen LogP contribution is -2.19. The first-order valence-corrected chi connectivity index (χ1v) is 11.0. The quantitative estimate of drug-likeness (QED) is 0.601. The molecule has 6 nitrogen and oxygen atoms in total. The van der Waals surface area contributed by atoms with Gasteiger partial charge in [0, 0.05) is 6.26 Å². The molecular formula is C20H18N2O4S2. The third kappa shape index (κ3) is 4.50. The second-order valence-electron chi connectivity index (χ2n) is 6.18. The van der Waals surface area contributed by atoms with Crippen LogP contribution in [0.1, 0.15) is 5.56 Å². The Balaban J connectivity index is 1.93. The van der Waals surface area contributed by atoms with Gasteiger partial charge in [-0.2, -0.15) is 4.99 Å². The van der Waals surface area contributed by atoms with Crippen LogP contribution in [0.3, 0.4) is 0 Å². The number of hydrogen-bond donors (Lipinski definition) is 0. The maximum atomic E-state index is 12.3. The van der Waals surface area contributed by atoms with Crippen molar-refractivity contribution in [1.29, 1.82) is 0 Å². The van der Waals surface area contributed by atoms with Crippen molar-refractivity contribution < 1.29 is 17.9 Å². The van der Waals surface area contributed by atoms with Gasteiger partial charge in [-0.25, -0.2) is 8.42 Å². The van der Waals surface area contributed by atoms with Gasteiger partial charge in [-0.3, -0.25) is 4.79 Å². The molecule has 0 spiro atoms. The fourth-order valence-corrected chi connectivity index (χ4v) is 4.34. The molecule has 0 aliphatic rings. The summed E-state index contributed by atoms with van der Waals surface area (Å²) in [5, 5.41) is 0. The molecule has 0 fully saturated rings. The van der Waals surface area contributed by atoms with Crippen LogP contribution in [0.4, 0.5) is 0 Å². The molecule has 1 amide bonds. The Morgan fingerprint density at radius 1 is 1.25 bits per heavy atom. The van der Waals surface area contributed by atoms with Crippen molar-refractivity contribution in [3.63, 3.8) is 0 Å². The Hall–Kier alpha value is -2.89. The molecule has 3 rings (SSSR count). The fourth-order valence-electron chi connectivity index (χ4n) is 2.53. The van der Waals surface area contributed by atoms with Crippen molar-refractivity contribution in [2.45, 2.75) is 18.4 Å². The standard InChI is InChI=1S/C20H18N2O4S2/c1-4-11-22-17-10-9-16(28(3,24)25)12-18(17)27-20(22)21-19(23)13-26-15-7-5-14(2)6-8-15/h1,5-10,12H,11,13H2,2-3H3. The Labute approximate surface area is 167 Å². The number of carbonyl (C=O) groups is 1. The lowest BCUT2D eigenvalue weighted by Gasteiger charge is -2.03. The van der Waals surface area contributed by atoms with Gasteiger partial charge in [-0.05, 0) is 37.3 Å². The number of hydrogen-bond acceptors (Lipinski definition) is 5. The lowest BCUT2D eigenvalue weighted by atomic mass is 10.2. The molecule has 28 heavy (non-hydrogen) atoms. The predicted octanol–water partition coefficient (Wildman–Crippen LogP) is 2.55. The summed E-state index contributed by atoms with van der Waals surface area (Å²) in [6, 6.07) is 12.1. The van der Waals surface area contributed by atoms with E-state index < -0.39 is 15.7 Å². The molecule has 1 aromatic heterocycles. The summed E-state index contributed by atoms with van der Waals surface area (Å²) in [4.78, 5) is 17.0. The number of terminal acetylenes is 1. The van der Waals surface area contributed by atoms with Crippen LogP contribution < -0.4 is 9.54 Å². The van der Waals surface area contributed by atoms with Crippen LogP contribution in [-0.2, 0) is 21.2 Å². The van der Waals surface area contributed by atoms with Crippen LogP contribution in [0.15, 0.2) is 52.4 Å². The lowest BCUT2D eigenvalue weighted by molar-refractivity contribution is -0.120. The molecular weight excluding hydrogens is 396 g/mol. The Morgan fingerprint density at radius 2 is 1.96 bits per heavy atom. The minimum atomic E-state index is -3.34. The van der Waals surface area contributed by atoms with Gasteiger partial charge < -0.3 is 9.30 Å². The second-order valence-corrected chi connectivity index (χ2v) is 9.21. The zero-order valence-corrected chi connectivity index (χ0v) is 17.0. The second kappa shape index (κ2) is 8.00. The smallest absolute Gasteiger partial charge is 0.286 e. The highest BCUT2D eigenvalue weighted by Crippen LogP contribution is 2.22. The van der Waals surface area contributed by atoms with E-state index in [9.17, 15) is 13.2 Å². The molecule has 0 unspecified atom stereocenters. The number of benzene rings is 2. The number of aryl methyl sites for hydroxylation is 1. The van der Waals surface area contributed by atoms with Gasteiger partial charge in [0.25, 0.3) is 5.91 Å². The van der Waals surface area contributed by atoms with Crippen LogP contribution in [0, 0.1) is 19.3 Å². The van der Waals surface area contributed by atoms with E-state index >= 15 is 0 Å². The summed E-state index contributed by atoms with van der Waals surface area (Å²) in [5.41, 5.74) is 1.82. The number of fused-ring (bicyclic) bond motifs is 1. The molecule has 0 radical (unpaired) electrons. The third-order valence-electron chi connectivity index (χ3n) is 3.94. The van der Waals surface area contributed by atoms with Gasteiger partial charge in [0.05, 0.1) is 21.7 Å². The zero-order chi connectivity index (χ0) is 20.3. The molecule has 0 N–H and O–H groups in total. The first kappa shape index (κ1) is 19.9. The van der Waals surface area contributed by atoms with Gasteiger partial charge in [0.1, 0.15) is 5.75 Å². The van der Waals surface area contributed by atoms with Crippen molar-refractivity contribution in [1.82, 2.24) is 4.57 Å². The highest BCUT2D eigenvalue weighted by atomic mass is 32.2. The molecule has 8 heteroatoms. The summed E-state index contributed by atoms with van der Waals surface area (Å²) in [7, 11) is -3.34. The normalized spacial score (nSPS) is 12.1. The summed E-state index contributed by atoms with van der Waals surface area (Å²) in [6.45, 7) is 1.97. The van der Waals surface area contributed by atoms with Gasteiger partial charge in [0.15, 0.2) is 21.2 Å². The van der Waals surface area contributed by atoms with E-state index in [2.05, 4.69) is 10.9 Å². The molecule has 144 valence electrons. The van der Waals surface area contributed by atoms with Crippen molar-refractivity contribution >= 4 is 37.3 Å². The Morgan fingerprint density at radius 3 is 2.61 bits per heavy atom. The van der Waals surface area contributed by atoms with Crippen LogP contribution in [0.5, 0.6) is 5.75 Å². The zero-order valence-electron chi connectivity index (χ0n) is 15.4. The molecule has 0 atom stereocenters. The van der Waals surface area contributed by atoms with E-state index in [0.29, 0.717) is 15.3 Å². The number of sulfone groups is 1. The first-order valence-electron chi connectivity index (χ1n) is 8.32. The van der Waals surface area contributed by atoms with E-state index in [1.54, 1.807) is 28.8 Å². The van der Waals surface area contributed by atoms with Gasteiger partial charge >= 0.3 is 0 Å². The molecule has 1 heterocycles. The SMILES string of the molecule is C#CCn1c(=NC(=O)COc2ccc(C)cc2)sc2cc(S(C)(=O)=O)ccc21. The van der Waals surface area contributed by atoms with Crippen molar-refractivity contribution in [2.75, 3.05) is 12.9 Å². The molecule has 3 aromatic rings. The van der Waals surface area contributed by atoms with Gasteiger partial charge in [-0.1, -0.05) is 35.0 Å². The highest BCUT2D eigenvalue weighted by molar-refractivity contribution is 7.90. The molecule has 2 aromatic carbocycles. The number of thiazole rings is 1. The average Bonchev–Trinajstić information content (AvgIpc) is 2.97. The van der Waals surface area contributed by atoms with Crippen molar-refractivity contribution in [2.24, 2.45) is 4.99 Å². The van der Waals surface area contributed by atoms with E-state index in [-0.39, 0.29) is 18.0 Å². The van der Waals surface area contributed by atoms with Crippen LogP contribution >= 0.6 is 11.3 Å². The first-order chi connectivity index (χ1) is 13.3. The predicted molar refractivity (Wildman–Crippen MR) is 109 cm³/mol. The van der Waals surface area contributed by atoms with E-state index in [1.807, 2.05) is 19.1 Å². The Kier molecular flexibility index (Phi) is 5.68. The molecule has 0 saturated carbocycles. The summed E-state index contributed by atoms with van der Waals surface area (Å²) in [6.07, 6.45) is 6.59. The fraction of sp³-hybridized carbons (Fsp3) is 0.200. The van der Waals surface area contributed by atoms with E-state index in [4.69, 9.17) is 11.2 Å². The largest absolute Gasteiger partial charge is 0.484 e. The Bertz CT molecular complexity index is 1240. The minimum Gasteiger partial charge on any atom is -0.484 e. The summed E-state index contributed by atoms with van der Waals surface area (Å²) >= 11 is 1.21. The van der Waals surface area contributed by atoms with Crippen LogP contribution in [0.2, 0.25) is 0 Å². The number of aromatic nitrogens is 1. The minimum absolute atomic E-state index is 0.203. The highest BCUT2D eigenvalue weighted by Gasteiger charge is 2.12. The number of amides is 1. The van der Waals surface area contributed by atoms with E-state index in [0.717, 1.165) is 17.3 Å². The topological polar surface area (TPSA) is 77.7 Å².